The Hall–Kier alpha value is -2.54. The van der Waals surface area contributed by atoms with E-state index in [9.17, 15) is 4.79 Å². The summed E-state index contributed by atoms with van der Waals surface area (Å²) in [5.74, 6) is 1.84. The Morgan fingerprint density at radius 3 is 2.58 bits per heavy atom. The van der Waals surface area contributed by atoms with Crippen LogP contribution in [0.4, 0.5) is 0 Å². The molecule has 0 radical (unpaired) electrons. The first-order chi connectivity index (χ1) is 12.4. The number of benzene rings is 1. The quantitative estimate of drug-likeness (QED) is 0.690. The molecule has 1 amide bonds. The third kappa shape index (κ3) is 2.92. The molecule has 0 saturated carbocycles. The Kier molecular flexibility index (Phi) is 4.11. The maximum atomic E-state index is 13.2. The Labute approximate surface area is 156 Å². The fourth-order valence-corrected chi connectivity index (χ4v) is 3.76. The maximum absolute atomic E-state index is 13.2. The number of fused-ring (bicyclic) bond motifs is 1. The molecule has 6 nitrogen and oxygen atoms in total. The van der Waals surface area contributed by atoms with Crippen molar-refractivity contribution in [3.63, 3.8) is 0 Å². The van der Waals surface area contributed by atoms with Crippen molar-refractivity contribution in [2.45, 2.75) is 31.3 Å². The smallest absolute Gasteiger partial charge is 0.272 e. The number of carbonyl (C=O) groups is 1. The molecule has 2 aromatic heterocycles. The van der Waals surface area contributed by atoms with Crippen molar-refractivity contribution in [3.05, 3.63) is 53.8 Å². The summed E-state index contributed by atoms with van der Waals surface area (Å²) in [5.41, 5.74) is 1.90. The molecule has 0 bridgehead atoms. The zero-order valence-corrected chi connectivity index (χ0v) is 15.8. The molecule has 0 N–H and O–H groups in total. The summed E-state index contributed by atoms with van der Waals surface area (Å²) in [4.78, 5) is 13.2. The highest BCUT2D eigenvalue weighted by Gasteiger charge is 2.29. The second-order valence-electron chi connectivity index (χ2n) is 7.20. The van der Waals surface area contributed by atoms with Crippen LogP contribution < -0.4 is 5.01 Å². The SMILES string of the molecule is CC(C)(C)c1ccc(C(=O)N2CCSc3nnc(-c4ccco4)n32)cc1. The Morgan fingerprint density at radius 1 is 1.15 bits per heavy atom. The van der Waals surface area contributed by atoms with Gasteiger partial charge in [0.15, 0.2) is 5.76 Å². The van der Waals surface area contributed by atoms with E-state index >= 15 is 0 Å². The largest absolute Gasteiger partial charge is 0.461 e. The van der Waals surface area contributed by atoms with Gasteiger partial charge in [0.25, 0.3) is 5.91 Å². The van der Waals surface area contributed by atoms with Crippen LogP contribution >= 0.6 is 11.8 Å². The Balaban J connectivity index is 1.70. The molecule has 0 spiro atoms. The molecule has 1 aliphatic rings. The highest BCUT2D eigenvalue weighted by molar-refractivity contribution is 7.99. The zero-order valence-electron chi connectivity index (χ0n) is 15.0. The van der Waals surface area contributed by atoms with Crippen molar-refractivity contribution in [1.82, 2.24) is 14.9 Å². The normalized spacial score (nSPS) is 14.3. The van der Waals surface area contributed by atoms with Crippen LogP contribution in [0.15, 0.2) is 52.2 Å². The molecule has 3 heterocycles. The first kappa shape index (κ1) is 16.9. The van der Waals surface area contributed by atoms with E-state index in [1.165, 1.54) is 5.56 Å². The van der Waals surface area contributed by atoms with Crippen LogP contribution in [0, 0.1) is 0 Å². The summed E-state index contributed by atoms with van der Waals surface area (Å²) in [7, 11) is 0. The van der Waals surface area contributed by atoms with E-state index in [2.05, 4.69) is 31.0 Å². The predicted octanol–water partition coefficient (Wildman–Crippen LogP) is 3.72. The van der Waals surface area contributed by atoms with Gasteiger partial charge in [-0.25, -0.2) is 9.69 Å². The van der Waals surface area contributed by atoms with Crippen LogP contribution in [0.1, 0.15) is 36.7 Å². The van der Waals surface area contributed by atoms with Gasteiger partial charge in [-0.15, -0.1) is 10.2 Å². The molecule has 0 saturated heterocycles. The summed E-state index contributed by atoms with van der Waals surface area (Å²) in [6, 6.07) is 11.4. The lowest BCUT2D eigenvalue weighted by molar-refractivity contribution is 0.0956. The van der Waals surface area contributed by atoms with E-state index in [0.29, 0.717) is 28.8 Å². The van der Waals surface area contributed by atoms with E-state index in [0.717, 1.165) is 5.75 Å². The third-order valence-electron chi connectivity index (χ3n) is 4.36. The average molecular weight is 368 g/mol. The number of aromatic nitrogens is 3. The number of carbonyl (C=O) groups excluding carboxylic acids is 1. The lowest BCUT2D eigenvalue weighted by Crippen LogP contribution is -2.45. The van der Waals surface area contributed by atoms with Gasteiger partial charge in [-0.3, -0.25) is 4.79 Å². The highest BCUT2D eigenvalue weighted by atomic mass is 32.2. The van der Waals surface area contributed by atoms with Gasteiger partial charge in [-0.05, 0) is 35.2 Å². The van der Waals surface area contributed by atoms with E-state index in [1.54, 1.807) is 33.8 Å². The number of amides is 1. The van der Waals surface area contributed by atoms with Gasteiger partial charge < -0.3 is 4.42 Å². The first-order valence-corrected chi connectivity index (χ1v) is 9.48. The second-order valence-corrected chi connectivity index (χ2v) is 8.26. The van der Waals surface area contributed by atoms with Crippen molar-refractivity contribution >= 4 is 17.7 Å². The molecule has 134 valence electrons. The topological polar surface area (TPSA) is 64.2 Å². The lowest BCUT2D eigenvalue weighted by atomic mass is 9.86. The van der Waals surface area contributed by atoms with Gasteiger partial charge >= 0.3 is 0 Å². The molecule has 0 fully saturated rings. The van der Waals surface area contributed by atoms with Crippen molar-refractivity contribution in [2.24, 2.45) is 0 Å². The molecular weight excluding hydrogens is 348 g/mol. The molecule has 7 heteroatoms. The zero-order chi connectivity index (χ0) is 18.3. The van der Waals surface area contributed by atoms with Crippen molar-refractivity contribution in [3.8, 4) is 11.6 Å². The lowest BCUT2D eigenvalue weighted by Gasteiger charge is -2.29. The van der Waals surface area contributed by atoms with Gasteiger partial charge in [0, 0.05) is 11.3 Å². The summed E-state index contributed by atoms with van der Waals surface area (Å²) < 4.78 is 7.22. The molecule has 1 aromatic carbocycles. The summed E-state index contributed by atoms with van der Waals surface area (Å²) in [5, 5.41) is 10.8. The number of hydrogen-bond acceptors (Lipinski definition) is 5. The first-order valence-electron chi connectivity index (χ1n) is 8.50. The highest BCUT2D eigenvalue weighted by Crippen LogP contribution is 2.29. The van der Waals surface area contributed by atoms with Gasteiger partial charge in [-0.2, -0.15) is 0 Å². The van der Waals surface area contributed by atoms with Crippen LogP contribution in [-0.2, 0) is 5.41 Å². The van der Waals surface area contributed by atoms with Crippen LogP contribution in [0.3, 0.4) is 0 Å². The van der Waals surface area contributed by atoms with E-state index in [1.807, 2.05) is 30.3 Å². The molecule has 0 unspecified atom stereocenters. The number of rotatable bonds is 2. The minimum Gasteiger partial charge on any atom is -0.461 e. The summed E-state index contributed by atoms with van der Waals surface area (Å²) in [6.07, 6.45) is 1.59. The van der Waals surface area contributed by atoms with Gasteiger partial charge in [0.1, 0.15) is 0 Å². The van der Waals surface area contributed by atoms with Gasteiger partial charge in [0.2, 0.25) is 11.0 Å². The molecule has 1 aliphatic heterocycles. The number of thioether (sulfide) groups is 1. The van der Waals surface area contributed by atoms with Crippen molar-refractivity contribution < 1.29 is 9.21 Å². The van der Waals surface area contributed by atoms with Crippen LogP contribution in [0.2, 0.25) is 0 Å². The van der Waals surface area contributed by atoms with Crippen LogP contribution in [0.5, 0.6) is 0 Å². The molecule has 26 heavy (non-hydrogen) atoms. The Bertz CT molecular complexity index is 924. The van der Waals surface area contributed by atoms with E-state index < -0.39 is 0 Å². The minimum atomic E-state index is -0.0698. The molecule has 3 aromatic rings. The van der Waals surface area contributed by atoms with Crippen molar-refractivity contribution in [2.75, 3.05) is 17.3 Å². The number of nitrogens with zero attached hydrogens (tertiary/aromatic N) is 4. The summed E-state index contributed by atoms with van der Waals surface area (Å²) >= 11 is 1.58. The second kappa shape index (κ2) is 6.32. The molecule has 0 aliphatic carbocycles. The monoisotopic (exact) mass is 368 g/mol. The fourth-order valence-electron chi connectivity index (χ4n) is 2.91. The molecule has 4 rings (SSSR count). The van der Waals surface area contributed by atoms with Crippen molar-refractivity contribution in [1.29, 1.82) is 0 Å². The Morgan fingerprint density at radius 2 is 1.92 bits per heavy atom. The standard InChI is InChI=1S/C19H20N4O2S/c1-19(2,3)14-8-6-13(7-9-14)17(24)22-10-12-26-18-21-20-16(23(18)22)15-5-4-11-25-15/h4-9,11H,10,12H2,1-3H3. The average Bonchev–Trinajstić information content (AvgIpc) is 3.29. The predicted molar refractivity (Wildman–Crippen MR) is 101 cm³/mol. The number of furan rings is 1. The van der Waals surface area contributed by atoms with Crippen LogP contribution in [-0.4, -0.2) is 33.1 Å². The maximum Gasteiger partial charge on any atom is 0.272 e. The van der Waals surface area contributed by atoms with Gasteiger partial charge in [0.05, 0.1) is 12.8 Å². The van der Waals surface area contributed by atoms with Crippen LogP contribution in [0.25, 0.3) is 11.6 Å². The van der Waals surface area contributed by atoms with Gasteiger partial charge in [-0.1, -0.05) is 44.7 Å². The molecule has 0 atom stereocenters. The number of hydrogen-bond donors (Lipinski definition) is 0. The minimum absolute atomic E-state index is 0.0528. The van der Waals surface area contributed by atoms with E-state index in [4.69, 9.17) is 4.42 Å². The summed E-state index contributed by atoms with van der Waals surface area (Å²) in [6.45, 7) is 7.06. The molecular formula is C19H20N4O2S. The third-order valence-corrected chi connectivity index (χ3v) is 5.26. The van der Waals surface area contributed by atoms with E-state index in [-0.39, 0.29) is 11.3 Å². The fraction of sp³-hybridized carbons (Fsp3) is 0.316.